The second kappa shape index (κ2) is 5.09. The molecule has 5 nitrogen and oxygen atoms in total. The van der Waals surface area contributed by atoms with Crippen molar-refractivity contribution in [1.82, 2.24) is 14.5 Å². The predicted octanol–water partition coefficient (Wildman–Crippen LogP) is 2.42. The summed E-state index contributed by atoms with van der Waals surface area (Å²) in [5.74, 6) is -0.241. The number of pyridine rings is 1. The molecule has 0 aliphatic carbocycles. The molecule has 2 aromatic heterocycles. The zero-order chi connectivity index (χ0) is 15.3. The van der Waals surface area contributed by atoms with Gasteiger partial charge in [-0.15, -0.1) is 0 Å². The molecule has 4 rings (SSSR count). The highest BCUT2D eigenvalue weighted by Crippen LogP contribution is 2.35. The summed E-state index contributed by atoms with van der Waals surface area (Å²) in [5, 5.41) is 4.24. The van der Waals surface area contributed by atoms with Gasteiger partial charge in [0.15, 0.2) is 0 Å². The zero-order valence-electron chi connectivity index (χ0n) is 13.0. The Balaban J connectivity index is 1.53. The first kappa shape index (κ1) is 13.8. The van der Waals surface area contributed by atoms with Crippen LogP contribution in [-0.4, -0.2) is 45.7 Å². The van der Waals surface area contributed by atoms with E-state index in [1.807, 2.05) is 25.3 Å². The lowest BCUT2D eigenvalue weighted by atomic mass is 10.0. The number of piperidine rings is 1. The number of esters is 1. The average Bonchev–Trinajstić information content (AvgIpc) is 2.97. The van der Waals surface area contributed by atoms with Gasteiger partial charge in [-0.25, -0.2) is 9.31 Å². The molecule has 2 saturated heterocycles. The molecule has 0 aromatic carbocycles. The second-order valence-corrected chi connectivity index (χ2v) is 6.64. The van der Waals surface area contributed by atoms with Crippen LogP contribution in [0.4, 0.5) is 0 Å². The normalized spacial score (nSPS) is 28.2. The topological polar surface area (TPSA) is 46.8 Å². The molecule has 2 bridgehead atoms. The lowest BCUT2D eigenvalue weighted by Gasteiger charge is -2.35. The number of ether oxygens (including phenoxy) is 1. The number of hydrogen-bond donors (Lipinski definition) is 0. The van der Waals surface area contributed by atoms with Gasteiger partial charge >= 0.3 is 5.97 Å². The lowest BCUT2D eigenvalue weighted by Crippen LogP contribution is -2.43. The van der Waals surface area contributed by atoms with Crippen LogP contribution in [0.25, 0.3) is 5.52 Å². The maximum Gasteiger partial charge on any atom is 0.342 e. The second-order valence-electron chi connectivity index (χ2n) is 6.64. The monoisotopic (exact) mass is 299 g/mol. The van der Waals surface area contributed by atoms with Crippen LogP contribution in [0.1, 0.15) is 41.6 Å². The number of rotatable bonds is 2. The van der Waals surface area contributed by atoms with Crippen LogP contribution in [0.2, 0.25) is 0 Å². The van der Waals surface area contributed by atoms with Gasteiger partial charge in [0.25, 0.3) is 0 Å². The number of hydrogen-bond acceptors (Lipinski definition) is 4. The van der Waals surface area contributed by atoms with Crippen molar-refractivity contribution in [2.75, 3.05) is 7.05 Å². The lowest BCUT2D eigenvalue weighted by molar-refractivity contribution is -0.000267. The summed E-state index contributed by atoms with van der Waals surface area (Å²) in [6.07, 6.45) is 7.89. The van der Waals surface area contributed by atoms with Crippen LogP contribution in [0.5, 0.6) is 0 Å². The number of nitrogens with zero attached hydrogens (tertiary/aromatic N) is 3. The van der Waals surface area contributed by atoms with E-state index in [0.29, 0.717) is 17.6 Å². The summed E-state index contributed by atoms with van der Waals surface area (Å²) < 4.78 is 7.52. The predicted molar refractivity (Wildman–Crippen MR) is 82.9 cm³/mol. The molecule has 3 atom stereocenters. The fourth-order valence-electron chi connectivity index (χ4n) is 3.92. The van der Waals surface area contributed by atoms with Crippen LogP contribution >= 0.6 is 0 Å². The first-order valence-corrected chi connectivity index (χ1v) is 7.99. The van der Waals surface area contributed by atoms with Gasteiger partial charge in [-0.2, -0.15) is 5.10 Å². The summed E-state index contributed by atoms with van der Waals surface area (Å²) >= 11 is 0. The van der Waals surface area contributed by atoms with E-state index < -0.39 is 0 Å². The van der Waals surface area contributed by atoms with E-state index in [9.17, 15) is 4.79 Å². The third-order valence-electron chi connectivity index (χ3n) is 5.23. The molecule has 2 aliphatic rings. The van der Waals surface area contributed by atoms with Crippen molar-refractivity contribution >= 4 is 11.5 Å². The first-order valence-electron chi connectivity index (χ1n) is 7.99. The molecule has 22 heavy (non-hydrogen) atoms. The van der Waals surface area contributed by atoms with E-state index >= 15 is 0 Å². The molecular formula is C17H21N3O2. The minimum atomic E-state index is -0.241. The number of fused-ring (bicyclic) bond motifs is 3. The molecule has 0 N–H and O–H groups in total. The Labute approximate surface area is 129 Å². The van der Waals surface area contributed by atoms with E-state index in [0.717, 1.165) is 23.9 Å². The van der Waals surface area contributed by atoms with Gasteiger partial charge in [-0.3, -0.25) is 0 Å². The standard InChI is InChI=1S/C17H21N3O2/c1-11-5-6-20-16(7-11)15(10-18-20)17(21)22-14-8-12-3-4-13(9-14)19(12)2/h5-7,10,12-14H,3-4,8-9H2,1-2H3/t12-,13+,14+. The van der Waals surface area contributed by atoms with Gasteiger partial charge < -0.3 is 9.64 Å². The fraction of sp³-hybridized carbons (Fsp3) is 0.529. The van der Waals surface area contributed by atoms with Gasteiger partial charge in [-0.1, -0.05) is 0 Å². The Morgan fingerprint density at radius 2 is 2.05 bits per heavy atom. The Hall–Kier alpha value is -1.88. The van der Waals surface area contributed by atoms with Crippen molar-refractivity contribution in [2.24, 2.45) is 0 Å². The largest absolute Gasteiger partial charge is 0.459 e. The average molecular weight is 299 g/mol. The van der Waals surface area contributed by atoms with Crippen molar-refractivity contribution in [3.63, 3.8) is 0 Å². The molecule has 0 spiro atoms. The van der Waals surface area contributed by atoms with Crippen LogP contribution in [0.3, 0.4) is 0 Å². The van der Waals surface area contributed by atoms with E-state index in [1.165, 1.54) is 12.8 Å². The molecule has 4 heterocycles. The van der Waals surface area contributed by atoms with Gasteiger partial charge in [-0.05, 0) is 44.5 Å². The van der Waals surface area contributed by atoms with Crippen molar-refractivity contribution in [1.29, 1.82) is 0 Å². The molecule has 0 unspecified atom stereocenters. The highest BCUT2D eigenvalue weighted by Gasteiger charge is 2.40. The third-order valence-corrected chi connectivity index (χ3v) is 5.23. The van der Waals surface area contributed by atoms with Crippen LogP contribution < -0.4 is 0 Å². The van der Waals surface area contributed by atoms with Crippen LogP contribution in [-0.2, 0) is 4.74 Å². The SMILES string of the molecule is Cc1ccn2ncc(C(=O)O[C@H]3C[C@H]4CC[C@@H](C3)N4C)c2c1. The van der Waals surface area contributed by atoms with E-state index in [1.54, 1.807) is 10.7 Å². The third kappa shape index (κ3) is 2.20. The van der Waals surface area contributed by atoms with Gasteiger partial charge in [0.05, 0.1) is 11.7 Å². The summed E-state index contributed by atoms with van der Waals surface area (Å²) in [6.45, 7) is 2.01. The van der Waals surface area contributed by atoms with Crippen molar-refractivity contribution < 1.29 is 9.53 Å². The number of carbonyl (C=O) groups is 1. The van der Waals surface area contributed by atoms with Crippen molar-refractivity contribution in [2.45, 2.75) is 50.8 Å². The quantitative estimate of drug-likeness (QED) is 0.799. The van der Waals surface area contributed by atoms with E-state index in [4.69, 9.17) is 4.74 Å². The summed E-state index contributed by atoms with van der Waals surface area (Å²) in [5.41, 5.74) is 2.50. The van der Waals surface area contributed by atoms with Gasteiger partial charge in [0.2, 0.25) is 0 Å². The van der Waals surface area contributed by atoms with Crippen LogP contribution in [0, 0.1) is 6.92 Å². The zero-order valence-corrected chi connectivity index (χ0v) is 13.0. The smallest absolute Gasteiger partial charge is 0.342 e. The Bertz CT molecular complexity index is 710. The maximum atomic E-state index is 12.5. The first-order chi connectivity index (χ1) is 10.6. The maximum absolute atomic E-state index is 12.5. The van der Waals surface area contributed by atoms with Gasteiger partial charge in [0, 0.05) is 31.1 Å². The van der Waals surface area contributed by atoms with Crippen LogP contribution in [0.15, 0.2) is 24.5 Å². The molecule has 0 saturated carbocycles. The minimum Gasteiger partial charge on any atom is -0.459 e. The number of aryl methyl sites for hydroxylation is 1. The molecule has 2 aromatic rings. The van der Waals surface area contributed by atoms with Crippen molar-refractivity contribution in [3.8, 4) is 0 Å². The fourth-order valence-corrected chi connectivity index (χ4v) is 3.92. The molecule has 5 heteroatoms. The Kier molecular flexibility index (Phi) is 3.18. The minimum absolute atomic E-state index is 0.0426. The molecule has 2 aliphatic heterocycles. The number of carbonyl (C=O) groups excluding carboxylic acids is 1. The van der Waals surface area contributed by atoms with E-state index in [2.05, 4.69) is 17.0 Å². The molecule has 0 amide bonds. The molecule has 0 radical (unpaired) electrons. The summed E-state index contributed by atoms with van der Waals surface area (Å²) in [6, 6.07) is 5.09. The molecule has 116 valence electrons. The van der Waals surface area contributed by atoms with Crippen molar-refractivity contribution in [3.05, 3.63) is 35.7 Å². The highest BCUT2D eigenvalue weighted by molar-refractivity contribution is 5.96. The van der Waals surface area contributed by atoms with E-state index in [-0.39, 0.29) is 12.1 Å². The summed E-state index contributed by atoms with van der Waals surface area (Å²) in [4.78, 5) is 15.0. The Morgan fingerprint density at radius 3 is 2.77 bits per heavy atom. The van der Waals surface area contributed by atoms with Gasteiger partial charge in [0.1, 0.15) is 11.7 Å². The molecular weight excluding hydrogens is 278 g/mol. The highest BCUT2D eigenvalue weighted by atomic mass is 16.5. The molecule has 2 fully saturated rings. The summed E-state index contributed by atoms with van der Waals surface area (Å²) in [7, 11) is 2.19. The number of aromatic nitrogens is 2. The Morgan fingerprint density at radius 1 is 1.32 bits per heavy atom.